The van der Waals surface area contributed by atoms with Crippen LogP contribution in [-0.4, -0.2) is 72.2 Å². The smallest absolute Gasteiger partial charge is 0.234 e. The van der Waals surface area contributed by atoms with Crippen LogP contribution in [0, 0.1) is 5.41 Å². The van der Waals surface area contributed by atoms with Crippen molar-refractivity contribution in [3.63, 3.8) is 0 Å². The van der Waals surface area contributed by atoms with E-state index >= 15 is 0 Å². The Kier molecular flexibility index (Phi) is 7.10. The third kappa shape index (κ3) is 6.76. The number of aliphatic hydroxyl groups excluding tert-OH is 1. The summed E-state index contributed by atoms with van der Waals surface area (Å²) in [7, 11) is 0. The molecule has 1 heterocycles. The van der Waals surface area contributed by atoms with Crippen molar-refractivity contribution in [3.05, 3.63) is 0 Å². The Morgan fingerprint density at radius 2 is 1.71 bits per heavy atom. The summed E-state index contributed by atoms with van der Waals surface area (Å²) in [6.07, 6.45) is 0.655. The van der Waals surface area contributed by atoms with Crippen LogP contribution in [0.3, 0.4) is 0 Å². The van der Waals surface area contributed by atoms with Gasteiger partial charge < -0.3 is 10.4 Å². The first kappa shape index (κ1) is 18.4. The number of carbonyl (C=O) groups is 1. The summed E-state index contributed by atoms with van der Waals surface area (Å²) in [6, 6.07) is 0.251. The lowest BCUT2D eigenvalue weighted by Gasteiger charge is -2.37. The zero-order valence-electron chi connectivity index (χ0n) is 14.4. The van der Waals surface area contributed by atoms with Gasteiger partial charge in [0.25, 0.3) is 0 Å². The van der Waals surface area contributed by atoms with Crippen molar-refractivity contribution in [2.24, 2.45) is 5.41 Å². The molecule has 2 atom stereocenters. The highest BCUT2D eigenvalue weighted by molar-refractivity contribution is 5.78. The second kappa shape index (κ2) is 8.11. The molecule has 1 aliphatic rings. The number of nitrogens with one attached hydrogen (secondary N) is 1. The van der Waals surface area contributed by atoms with E-state index in [4.69, 9.17) is 0 Å². The first-order chi connectivity index (χ1) is 9.72. The minimum absolute atomic E-state index is 0.0761. The standard InChI is InChI=1S/C16H33N3O2/c1-6-13(2)17-15(21)12-19-9-7-18(8-10-19)11-14(20)16(3,4)5/h13-14,20H,6-12H2,1-5H3,(H,17,21). The van der Waals surface area contributed by atoms with Crippen molar-refractivity contribution in [2.75, 3.05) is 39.3 Å². The molecule has 0 aromatic heterocycles. The molecule has 0 saturated carbocycles. The van der Waals surface area contributed by atoms with Crippen LogP contribution in [0.5, 0.6) is 0 Å². The first-order valence-electron chi connectivity index (χ1n) is 8.14. The maximum atomic E-state index is 11.9. The van der Waals surface area contributed by atoms with Gasteiger partial charge in [0.1, 0.15) is 0 Å². The summed E-state index contributed by atoms with van der Waals surface area (Å²) in [5, 5.41) is 13.2. The minimum Gasteiger partial charge on any atom is -0.391 e. The lowest BCUT2D eigenvalue weighted by Crippen LogP contribution is -2.52. The van der Waals surface area contributed by atoms with E-state index in [9.17, 15) is 9.90 Å². The van der Waals surface area contributed by atoms with Crippen LogP contribution in [0.1, 0.15) is 41.0 Å². The molecule has 2 unspecified atom stereocenters. The number of amides is 1. The van der Waals surface area contributed by atoms with Crippen molar-refractivity contribution in [2.45, 2.75) is 53.2 Å². The molecule has 1 amide bonds. The Bertz CT molecular complexity index is 320. The van der Waals surface area contributed by atoms with Gasteiger partial charge in [0.15, 0.2) is 0 Å². The van der Waals surface area contributed by atoms with Gasteiger partial charge in [-0.1, -0.05) is 27.7 Å². The maximum absolute atomic E-state index is 11.9. The number of nitrogens with zero attached hydrogens (tertiary/aromatic N) is 2. The Morgan fingerprint density at radius 3 is 2.19 bits per heavy atom. The van der Waals surface area contributed by atoms with E-state index in [1.807, 2.05) is 6.92 Å². The minimum atomic E-state index is -0.308. The summed E-state index contributed by atoms with van der Waals surface area (Å²) in [6.45, 7) is 15.1. The van der Waals surface area contributed by atoms with Crippen LogP contribution < -0.4 is 5.32 Å². The van der Waals surface area contributed by atoms with E-state index < -0.39 is 0 Å². The average Bonchev–Trinajstić information content (AvgIpc) is 2.39. The average molecular weight is 299 g/mol. The maximum Gasteiger partial charge on any atom is 0.234 e. The van der Waals surface area contributed by atoms with Gasteiger partial charge in [-0.3, -0.25) is 14.6 Å². The summed E-state index contributed by atoms with van der Waals surface area (Å²) in [5.41, 5.74) is -0.0761. The predicted octanol–water partition coefficient (Wildman–Crippen LogP) is 0.926. The molecule has 1 saturated heterocycles. The lowest BCUT2D eigenvalue weighted by molar-refractivity contribution is -0.123. The molecular formula is C16H33N3O2. The molecule has 1 aliphatic heterocycles. The van der Waals surface area contributed by atoms with Gasteiger partial charge in [-0.25, -0.2) is 0 Å². The Balaban J connectivity index is 2.28. The highest BCUT2D eigenvalue weighted by Crippen LogP contribution is 2.20. The van der Waals surface area contributed by atoms with Crippen LogP contribution in [0.25, 0.3) is 0 Å². The van der Waals surface area contributed by atoms with Crippen LogP contribution in [-0.2, 0) is 4.79 Å². The number of aliphatic hydroxyl groups is 1. The zero-order chi connectivity index (χ0) is 16.0. The highest BCUT2D eigenvalue weighted by Gasteiger charge is 2.26. The predicted molar refractivity (Wildman–Crippen MR) is 86.2 cm³/mol. The summed E-state index contributed by atoms with van der Waals surface area (Å²) in [4.78, 5) is 16.3. The fourth-order valence-corrected chi connectivity index (χ4v) is 2.27. The summed E-state index contributed by atoms with van der Waals surface area (Å²) >= 11 is 0. The molecule has 124 valence electrons. The molecule has 0 spiro atoms. The van der Waals surface area contributed by atoms with Crippen molar-refractivity contribution in [1.29, 1.82) is 0 Å². The van der Waals surface area contributed by atoms with E-state index in [1.165, 1.54) is 0 Å². The van der Waals surface area contributed by atoms with E-state index in [0.717, 1.165) is 39.1 Å². The van der Waals surface area contributed by atoms with Crippen LogP contribution in [0.15, 0.2) is 0 Å². The van der Waals surface area contributed by atoms with Gasteiger partial charge >= 0.3 is 0 Å². The molecular weight excluding hydrogens is 266 g/mol. The van der Waals surface area contributed by atoms with Crippen LogP contribution in [0.4, 0.5) is 0 Å². The SMILES string of the molecule is CCC(C)NC(=O)CN1CCN(CC(O)C(C)(C)C)CC1. The number of hydrogen-bond acceptors (Lipinski definition) is 4. The second-order valence-corrected chi connectivity index (χ2v) is 7.34. The van der Waals surface area contributed by atoms with Gasteiger partial charge in [0, 0.05) is 38.8 Å². The van der Waals surface area contributed by atoms with Crippen LogP contribution >= 0.6 is 0 Å². The number of hydrogen-bond donors (Lipinski definition) is 2. The van der Waals surface area contributed by atoms with Gasteiger partial charge in [-0.15, -0.1) is 0 Å². The molecule has 5 heteroatoms. The van der Waals surface area contributed by atoms with Gasteiger partial charge in [0.2, 0.25) is 5.91 Å². The Hall–Kier alpha value is -0.650. The third-order valence-corrected chi connectivity index (χ3v) is 4.28. The number of rotatable bonds is 6. The van der Waals surface area contributed by atoms with Gasteiger partial charge in [-0.2, -0.15) is 0 Å². The fourth-order valence-electron chi connectivity index (χ4n) is 2.27. The van der Waals surface area contributed by atoms with Gasteiger partial charge in [-0.05, 0) is 18.8 Å². The molecule has 2 N–H and O–H groups in total. The van der Waals surface area contributed by atoms with Crippen molar-refractivity contribution >= 4 is 5.91 Å². The van der Waals surface area contributed by atoms with E-state index in [2.05, 4.69) is 42.8 Å². The molecule has 1 rings (SSSR count). The zero-order valence-corrected chi connectivity index (χ0v) is 14.4. The molecule has 0 aromatic carbocycles. The Labute approximate surface area is 129 Å². The number of carbonyl (C=O) groups excluding carboxylic acids is 1. The molecule has 21 heavy (non-hydrogen) atoms. The topological polar surface area (TPSA) is 55.8 Å². The summed E-state index contributed by atoms with van der Waals surface area (Å²) in [5.74, 6) is 0.118. The molecule has 0 bridgehead atoms. The first-order valence-corrected chi connectivity index (χ1v) is 8.14. The van der Waals surface area contributed by atoms with E-state index in [-0.39, 0.29) is 23.5 Å². The fraction of sp³-hybridized carbons (Fsp3) is 0.938. The highest BCUT2D eigenvalue weighted by atomic mass is 16.3. The van der Waals surface area contributed by atoms with Gasteiger partial charge in [0.05, 0.1) is 12.6 Å². The number of piperazine rings is 1. The lowest BCUT2D eigenvalue weighted by atomic mass is 9.89. The molecule has 5 nitrogen and oxygen atoms in total. The Morgan fingerprint density at radius 1 is 1.19 bits per heavy atom. The largest absolute Gasteiger partial charge is 0.391 e. The van der Waals surface area contributed by atoms with E-state index in [1.54, 1.807) is 0 Å². The van der Waals surface area contributed by atoms with E-state index in [0.29, 0.717) is 6.54 Å². The normalized spacial score (nSPS) is 21.0. The molecule has 1 fully saturated rings. The van der Waals surface area contributed by atoms with Crippen molar-refractivity contribution in [3.8, 4) is 0 Å². The second-order valence-electron chi connectivity index (χ2n) is 7.34. The monoisotopic (exact) mass is 299 g/mol. The molecule has 0 aliphatic carbocycles. The molecule has 0 aromatic rings. The quantitative estimate of drug-likeness (QED) is 0.766. The molecule has 0 radical (unpaired) electrons. The van der Waals surface area contributed by atoms with Crippen molar-refractivity contribution < 1.29 is 9.90 Å². The van der Waals surface area contributed by atoms with Crippen molar-refractivity contribution in [1.82, 2.24) is 15.1 Å². The summed E-state index contributed by atoms with van der Waals surface area (Å²) < 4.78 is 0. The van der Waals surface area contributed by atoms with Crippen LogP contribution in [0.2, 0.25) is 0 Å². The third-order valence-electron chi connectivity index (χ3n) is 4.28. The number of β-amino-alcohol motifs (C(OH)–C–C–N with tert-alkyl or cyclic N) is 1.